The van der Waals surface area contributed by atoms with E-state index in [0.29, 0.717) is 11.1 Å². The first kappa shape index (κ1) is 13.9. The maximum atomic E-state index is 9.92. The van der Waals surface area contributed by atoms with Crippen LogP contribution in [0.1, 0.15) is 24.2 Å². The van der Waals surface area contributed by atoms with Crippen LogP contribution in [0.5, 0.6) is 5.75 Å². The number of aliphatic hydroxyl groups excluding tert-OH is 1. The van der Waals surface area contributed by atoms with Gasteiger partial charge >= 0.3 is 0 Å². The Balaban J connectivity index is 2.36. The Morgan fingerprint density at radius 2 is 1.85 bits per heavy atom. The first-order valence-electron chi connectivity index (χ1n) is 6.28. The van der Waals surface area contributed by atoms with Gasteiger partial charge in [-0.05, 0) is 31.2 Å². The molecule has 2 aromatic carbocycles. The van der Waals surface area contributed by atoms with Gasteiger partial charge in [0.15, 0.2) is 0 Å². The smallest absolute Gasteiger partial charge is 0.123 e. The molecule has 2 N–H and O–H groups in total. The normalized spacial score (nSPS) is 11.7. The minimum absolute atomic E-state index is 0.0563. The molecule has 1 atom stereocenters. The Morgan fingerprint density at radius 1 is 1.15 bits per heavy atom. The molecule has 0 spiro atoms. The van der Waals surface area contributed by atoms with E-state index in [2.05, 4.69) is 6.07 Å². The number of hydrogen-bond donors (Lipinski definition) is 2. The van der Waals surface area contributed by atoms with Gasteiger partial charge in [0.25, 0.3) is 0 Å². The number of rotatable bonds is 3. The summed E-state index contributed by atoms with van der Waals surface area (Å²) in [5.74, 6) is 0.0563. The van der Waals surface area contributed by atoms with Crippen molar-refractivity contribution in [3.63, 3.8) is 0 Å². The molecule has 0 bridgehead atoms. The summed E-state index contributed by atoms with van der Waals surface area (Å²) in [5, 5.41) is 28.3. The minimum Gasteiger partial charge on any atom is -0.507 e. The first-order chi connectivity index (χ1) is 9.52. The predicted molar refractivity (Wildman–Crippen MR) is 78.0 cm³/mol. The zero-order valence-electron chi connectivity index (χ0n) is 11.4. The van der Waals surface area contributed by atoms with Gasteiger partial charge in [0.05, 0.1) is 17.7 Å². The van der Waals surface area contributed by atoms with E-state index in [0.717, 1.165) is 11.4 Å². The van der Waals surface area contributed by atoms with Crippen molar-refractivity contribution in [1.82, 2.24) is 0 Å². The Labute approximate surface area is 118 Å². The Hall–Kier alpha value is -2.51. The van der Waals surface area contributed by atoms with Crippen LogP contribution < -0.4 is 4.90 Å². The number of aromatic hydroxyl groups is 1. The Kier molecular flexibility index (Phi) is 3.92. The number of phenolic OH excluding ortho intramolecular Hbond substituents is 1. The van der Waals surface area contributed by atoms with Crippen molar-refractivity contribution in [2.45, 2.75) is 13.0 Å². The molecule has 0 fully saturated rings. The zero-order chi connectivity index (χ0) is 14.7. The molecule has 2 aromatic rings. The van der Waals surface area contributed by atoms with E-state index in [1.807, 2.05) is 30.1 Å². The SMILES string of the molecule is CC(O)c1ccc(N(C)c2cccc(C#N)c2)cc1O. The van der Waals surface area contributed by atoms with Crippen molar-refractivity contribution in [2.24, 2.45) is 0 Å². The van der Waals surface area contributed by atoms with Gasteiger partial charge in [0, 0.05) is 30.1 Å². The molecule has 1 unspecified atom stereocenters. The lowest BCUT2D eigenvalue weighted by Crippen LogP contribution is -2.09. The molecule has 20 heavy (non-hydrogen) atoms. The molecule has 0 amide bonds. The number of aliphatic hydroxyl groups is 1. The van der Waals surface area contributed by atoms with E-state index in [1.165, 1.54) is 0 Å². The van der Waals surface area contributed by atoms with Crippen LogP contribution in [-0.4, -0.2) is 17.3 Å². The zero-order valence-corrected chi connectivity index (χ0v) is 11.4. The molecule has 102 valence electrons. The minimum atomic E-state index is -0.712. The van der Waals surface area contributed by atoms with Gasteiger partial charge in [-0.15, -0.1) is 0 Å². The number of nitriles is 1. The lowest BCUT2D eigenvalue weighted by Gasteiger charge is -2.21. The first-order valence-corrected chi connectivity index (χ1v) is 6.28. The number of phenols is 1. The van der Waals surface area contributed by atoms with E-state index in [-0.39, 0.29) is 5.75 Å². The van der Waals surface area contributed by atoms with Crippen LogP contribution in [0.4, 0.5) is 11.4 Å². The molecule has 0 saturated carbocycles. The number of anilines is 2. The van der Waals surface area contributed by atoms with E-state index in [1.54, 1.807) is 31.2 Å². The molecule has 0 saturated heterocycles. The summed E-state index contributed by atoms with van der Waals surface area (Å²) < 4.78 is 0. The van der Waals surface area contributed by atoms with Gasteiger partial charge in [0.1, 0.15) is 5.75 Å². The van der Waals surface area contributed by atoms with Gasteiger partial charge < -0.3 is 15.1 Å². The molecular formula is C16H16N2O2. The quantitative estimate of drug-likeness (QED) is 0.897. The fraction of sp³-hybridized carbons (Fsp3) is 0.188. The van der Waals surface area contributed by atoms with Crippen molar-refractivity contribution in [3.8, 4) is 11.8 Å². The average Bonchev–Trinajstić information content (AvgIpc) is 2.46. The van der Waals surface area contributed by atoms with Crippen LogP contribution in [0.2, 0.25) is 0 Å². The highest BCUT2D eigenvalue weighted by Gasteiger charge is 2.11. The van der Waals surface area contributed by atoms with Crippen molar-refractivity contribution < 1.29 is 10.2 Å². The molecular weight excluding hydrogens is 252 g/mol. The average molecular weight is 268 g/mol. The molecule has 0 radical (unpaired) electrons. The van der Waals surface area contributed by atoms with Crippen LogP contribution in [0.3, 0.4) is 0 Å². The van der Waals surface area contributed by atoms with E-state index in [9.17, 15) is 10.2 Å². The lowest BCUT2D eigenvalue weighted by molar-refractivity contribution is 0.195. The number of benzene rings is 2. The van der Waals surface area contributed by atoms with E-state index in [4.69, 9.17) is 5.26 Å². The monoisotopic (exact) mass is 268 g/mol. The fourth-order valence-electron chi connectivity index (χ4n) is 2.03. The van der Waals surface area contributed by atoms with Crippen LogP contribution >= 0.6 is 0 Å². The second-order valence-electron chi connectivity index (χ2n) is 4.64. The highest BCUT2D eigenvalue weighted by molar-refractivity contribution is 5.66. The summed E-state index contributed by atoms with van der Waals surface area (Å²) in [6.45, 7) is 1.61. The molecule has 0 aliphatic rings. The van der Waals surface area contributed by atoms with Gasteiger partial charge in [0.2, 0.25) is 0 Å². The lowest BCUT2D eigenvalue weighted by atomic mass is 10.1. The molecule has 0 heterocycles. The van der Waals surface area contributed by atoms with Crippen molar-refractivity contribution in [1.29, 1.82) is 5.26 Å². The van der Waals surface area contributed by atoms with Crippen molar-refractivity contribution in [3.05, 3.63) is 53.6 Å². The van der Waals surface area contributed by atoms with Gasteiger partial charge in [-0.3, -0.25) is 0 Å². The van der Waals surface area contributed by atoms with Gasteiger partial charge in [-0.25, -0.2) is 0 Å². The van der Waals surface area contributed by atoms with Crippen molar-refractivity contribution in [2.75, 3.05) is 11.9 Å². The molecule has 0 aliphatic heterocycles. The second kappa shape index (κ2) is 5.64. The second-order valence-corrected chi connectivity index (χ2v) is 4.64. The Morgan fingerprint density at radius 3 is 2.45 bits per heavy atom. The molecule has 2 rings (SSSR count). The summed E-state index contributed by atoms with van der Waals surface area (Å²) >= 11 is 0. The van der Waals surface area contributed by atoms with E-state index < -0.39 is 6.10 Å². The summed E-state index contributed by atoms with van der Waals surface area (Å²) in [4.78, 5) is 1.87. The third kappa shape index (κ3) is 2.73. The number of hydrogen-bond acceptors (Lipinski definition) is 4. The van der Waals surface area contributed by atoms with E-state index >= 15 is 0 Å². The third-order valence-electron chi connectivity index (χ3n) is 3.21. The van der Waals surface area contributed by atoms with Crippen LogP contribution in [0, 0.1) is 11.3 Å². The van der Waals surface area contributed by atoms with Gasteiger partial charge in [-0.1, -0.05) is 12.1 Å². The standard InChI is InChI=1S/C16H16N2O2/c1-11(19)15-7-6-14(9-16(15)20)18(2)13-5-3-4-12(8-13)10-17/h3-9,11,19-20H,1-2H3. The maximum absolute atomic E-state index is 9.92. The summed E-state index contributed by atoms with van der Waals surface area (Å²) in [7, 11) is 1.85. The van der Waals surface area contributed by atoms with Crippen LogP contribution in [0.25, 0.3) is 0 Å². The highest BCUT2D eigenvalue weighted by Crippen LogP contribution is 2.31. The highest BCUT2D eigenvalue weighted by atomic mass is 16.3. The third-order valence-corrected chi connectivity index (χ3v) is 3.21. The summed E-state index contributed by atoms with van der Waals surface area (Å²) in [5.41, 5.74) is 2.71. The summed E-state index contributed by atoms with van der Waals surface area (Å²) in [6.07, 6.45) is -0.712. The van der Waals surface area contributed by atoms with Gasteiger partial charge in [-0.2, -0.15) is 5.26 Å². The molecule has 0 aliphatic carbocycles. The van der Waals surface area contributed by atoms with Crippen molar-refractivity contribution >= 4 is 11.4 Å². The van der Waals surface area contributed by atoms with Crippen LogP contribution in [0.15, 0.2) is 42.5 Å². The van der Waals surface area contributed by atoms with Crippen LogP contribution in [-0.2, 0) is 0 Å². The molecule has 4 heteroatoms. The Bertz CT molecular complexity index is 660. The molecule has 4 nitrogen and oxygen atoms in total. The fourth-order valence-corrected chi connectivity index (χ4v) is 2.03. The number of nitrogens with zero attached hydrogens (tertiary/aromatic N) is 2. The largest absolute Gasteiger partial charge is 0.507 e. The predicted octanol–water partition coefficient (Wildman–Crippen LogP) is 3.09. The maximum Gasteiger partial charge on any atom is 0.123 e. The topological polar surface area (TPSA) is 67.5 Å². The summed E-state index contributed by atoms with van der Waals surface area (Å²) in [6, 6.07) is 14.4. The molecule has 0 aromatic heterocycles.